The van der Waals surface area contributed by atoms with Gasteiger partial charge >= 0.3 is 0 Å². The molecule has 0 spiro atoms. The molecule has 0 radical (unpaired) electrons. The molecule has 1 saturated carbocycles. The van der Waals surface area contributed by atoms with Crippen LogP contribution >= 0.6 is 11.6 Å². The monoisotopic (exact) mass is 498 g/mol. The van der Waals surface area contributed by atoms with Crippen LogP contribution in [-0.2, 0) is 16.0 Å². The minimum Gasteiger partial charge on any atom is -0.496 e. The lowest BCUT2D eigenvalue weighted by Gasteiger charge is -2.39. The van der Waals surface area contributed by atoms with Crippen molar-refractivity contribution in [2.24, 2.45) is 0 Å². The van der Waals surface area contributed by atoms with Crippen LogP contribution < -0.4 is 15.4 Å². The molecule has 4 rings (SSSR count). The standard InChI is InChI=1S/C26H31ClN4O4/c1-35-22-6-4-5-20(21(22)15-24(32)30-23-13-8-17(27)16-28-23)26(34)29-18-9-11-19(12-10-18)31-14-3-2-7-25(31)33/h4-6,8,13,16,18-19H,2-3,7,9-12,14-15H2,1H3,(H,29,34)(H,28,30,32). The molecule has 3 amide bonds. The number of carbonyl (C=O) groups excluding carboxylic acids is 3. The third-order valence-corrected chi connectivity index (χ3v) is 6.99. The SMILES string of the molecule is COc1cccc(C(=O)NC2CCC(N3CCCCC3=O)CC2)c1CC(=O)Nc1ccc(Cl)cn1. The number of nitrogens with zero attached hydrogens (tertiary/aromatic N) is 2. The molecule has 1 saturated heterocycles. The predicted molar refractivity (Wildman–Crippen MR) is 134 cm³/mol. The maximum atomic E-state index is 13.2. The Morgan fingerprint density at radius 3 is 2.63 bits per heavy atom. The van der Waals surface area contributed by atoms with Crippen LogP contribution in [-0.4, -0.2) is 53.3 Å². The number of pyridine rings is 1. The van der Waals surface area contributed by atoms with Crippen molar-refractivity contribution in [2.75, 3.05) is 19.0 Å². The van der Waals surface area contributed by atoms with Gasteiger partial charge in [-0.25, -0.2) is 4.98 Å². The summed E-state index contributed by atoms with van der Waals surface area (Å²) in [6.45, 7) is 0.849. The lowest BCUT2D eigenvalue weighted by molar-refractivity contribution is -0.136. The van der Waals surface area contributed by atoms with Crippen molar-refractivity contribution < 1.29 is 19.1 Å². The molecule has 0 bridgehead atoms. The first kappa shape index (κ1) is 25.0. The molecule has 1 aliphatic heterocycles. The maximum absolute atomic E-state index is 13.2. The Balaban J connectivity index is 1.39. The summed E-state index contributed by atoms with van der Waals surface area (Å²) in [6.07, 6.45) is 7.54. The zero-order chi connectivity index (χ0) is 24.8. The Morgan fingerprint density at radius 1 is 1.14 bits per heavy atom. The number of carbonyl (C=O) groups is 3. The summed E-state index contributed by atoms with van der Waals surface area (Å²) in [5.41, 5.74) is 0.934. The number of likely N-dealkylation sites (tertiary alicyclic amines) is 1. The van der Waals surface area contributed by atoms with Gasteiger partial charge < -0.3 is 20.3 Å². The van der Waals surface area contributed by atoms with Gasteiger partial charge in [-0.1, -0.05) is 17.7 Å². The van der Waals surface area contributed by atoms with Gasteiger partial charge in [-0.2, -0.15) is 0 Å². The quantitative estimate of drug-likeness (QED) is 0.601. The van der Waals surface area contributed by atoms with Crippen LogP contribution in [0.25, 0.3) is 0 Å². The molecule has 8 nitrogen and oxygen atoms in total. The van der Waals surface area contributed by atoms with Crippen LogP contribution in [0.3, 0.4) is 0 Å². The average molecular weight is 499 g/mol. The van der Waals surface area contributed by atoms with E-state index in [-0.39, 0.29) is 36.2 Å². The summed E-state index contributed by atoms with van der Waals surface area (Å²) >= 11 is 5.85. The summed E-state index contributed by atoms with van der Waals surface area (Å²) < 4.78 is 5.45. The van der Waals surface area contributed by atoms with Crippen molar-refractivity contribution >= 4 is 35.1 Å². The Hall–Kier alpha value is -3.13. The number of halogens is 1. The summed E-state index contributed by atoms with van der Waals surface area (Å²) in [7, 11) is 1.52. The number of benzene rings is 1. The summed E-state index contributed by atoms with van der Waals surface area (Å²) in [5, 5.41) is 6.34. The highest BCUT2D eigenvalue weighted by Crippen LogP contribution is 2.28. The molecule has 2 aromatic rings. The second-order valence-electron chi connectivity index (χ2n) is 9.10. The highest BCUT2D eigenvalue weighted by molar-refractivity contribution is 6.30. The number of anilines is 1. The van der Waals surface area contributed by atoms with Crippen molar-refractivity contribution in [3.05, 3.63) is 52.7 Å². The number of aromatic nitrogens is 1. The Bertz CT molecular complexity index is 1070. The van der Waals surface area contributed by atoms with Gasteiger partial charge in [0.05, 0.1) is 18.6 Å². The maximum Gasteiger partial charge on any atom is 0.251 e. The molecule has 1 aromatic heterocycles. The van der Waals surface area contributed by atoms with E-state index in [0.717, 1.165) is 45.1 Å². The van der Waals surface area contributed by atoms with Crippen LogP contribution in [0.1, 0.15) is 60.9 Å². The smallest absolute Gasteiger partial charge is 0.251 e. The van der Waals surface area contributed by atoms with E-state index < -0.39 is 0 Å². The van der Waals surface area contributed by atoms with E-state index in [0.29, 0.717) is 34.1 Å². The number of hydrogen-bond donors (Lipinski definition) is 2. The minimum absolute atomic E-state index is 0.0322. The number of piperidine rings is 1. The molecule has 1 aromatic carbocycles. The van der Waals surface area contributed by atoms with Gasteiger partial charge in [-0.3, -0.25) is 14.4 Å². The molecule has 2 aliphatic rings. The molecule has 0 unspecified atom stereocenters. The fraction of sp³-hybridized carbons (Fsp3) is 0.462. The van der Waals surface area contributed by atoms with Gasteiger partial charge in [0, 0.05) is 42.4 Å². The van der Waals surface area contributed by atoms with Crippen molar-refractivity contribution in [3.8, 4) is 5.75 Å². The van der Waals surface area contributed by atoms with E-state index in [9.17, 15) is 14.4 Å². The lowest BCUT2D eigenvalue weighted by Crippen LogP contribution is -2.47. The predicted octanol–water partition coefficient (Wildman–Crippen LogP) is 3.98. The van der Waals surface area contributed by atoms with E-state index in [2.05, 4.69) is 15.6 Å². The minimum atomic E-state index is -0.315. The second-order valence-corrected chi connectivity index (χ2v) is 9.53. The summed E-state index contributed by atoms with van der Waals surface area (Å²) in [4.78, 5) is 44.3. The van der Waals surface area contributed by atoms with Gasteiger partial charge in [0.1, 0.15) is 11.6 Å². The normalized spacial score (nSPS) is 20.3. The first-order valence-corrected chi connectivity index (χ1v) is 12.5. The molecule has 2 fully saturated rings. The fourth-order valence-electron chi connectivity index (χ4n) is 4.96. The summed E-state index contributed by atoms with van der Waals surface area (Å²) in [6, 6.07) is 8.75. The number of ether oxygens (including phenoxy) is 1. The molecule has 9 heteroatoms. The first-order chi connectivity index (χ1) is 16.9. The van der Waals surface area contributed by atoms with Gasteiger partial charge in [0.25, 0.3) is 5.91 Å². The van der Waals surface area contributed by atoms with Crippen molar-refractivity contribution in [1.82, 2.24) is 15.2 Å². The van der Waals surface area contributed by atoms with Gasteiger partial charge in [-0.15, -0.1) is 0 Å². The molecular formula is C26H31ClN4O4. The van der Waals surface area contributed by atoms with Crippen LogP contribution in [0.15, 0.2) is 36.5 Å². The van der Waals surface area contributed by atoms with Crippen LogP contribution in [0.5, 0.6) is 5.75 Å². The highest BCUT2D eigenvalue weighted by atomic mass is 35.5. The van der Waals surface area contributed by atoms with Gasteiger partial charge in [-0.05, 0) is 62.8 Å². The molecular weight excluding hydrogens is 468 g/mol. The Morgan fingerprint density at radius 2 is 1.94 bits per heavy atom. The molecule has 35 heavy (non-hydrogen) atoms. The van der Waals surface area contributed by atoms with E-state index in [1.807, 2.05) is 4.90 Å². The number of rotatable bonds is 7. The van der Waals surface area contributed by atoms with Crippen LogP contribution in [0.4, 0.5) is 5.82 Å². The van der Waals surface area contributed by atoms with Crippen LogP contribution in [0.2, 0.25) is 5.02 Å². The summed E-state index contributed by atoms with van der Waals surface area (Å²) in [5.74, 6) is 0.573. The third-order valence-electron chi connectivity index (χ3n) is 6.76. The largest absolute Gasteiger partial charge is 0.496 e. The number of hydrogen-bond acceptors (Lipinski definition) is 5. The zero-order valence-electron chi connectivity index (χ0n) is 19.9. The van der Waals surface area contributed by atoms with E-state index in [1.54, 1.807) is 30.3 Å². The third kappa shape index (κ3) is 6.31. The highest BCUT2D eigenvalue weighted by Gasteiger charge is 2.31. The molecule has 2 N–H and O–H groups in total. The van der Waals surface area contributed by atoms with Crippen molar-refractivity contribution in [3.63, 3.8) is 0 Å². The number of methoxy groups -OCH3 is 1. The number of nitrogens with one attached hydrogen (secondary N) is 2. The van der Waals surface area contributed by atoms with Gasteiger partial charge in [0.2, 0.25) is 11.8 Å². The molecule has 2 heterocycles. The fourth-order valence-corrected chi connectivity index (χ4v) is 5.07. The topological polar surface area (TPSA) is 101 Å². The average Bonchev–Trinajstić information content (AvgIpc) is 2.86. The second kappa shape index (κ2) is 11.5. The van der Waals surface area contributed by atoms with Crippen molar-refractivity contribution in [1.29, 1.82) is 0 Å². The van der Waals surface area contributed by atoms with Crippen LogP contribution in [0, 0.1) is 0 Å². The lowest BCUT2D eigenvalue weighted by atomic mass is 9.88. The van der Waals surface area contributed by atoms with E-state index >= 15 is 0 Å². The molecule has 1 aliphatic carbocycles. The van der Waals surface area contributed by atoms with E-state index in [1.165, 1.54) is 13.3 Å². The first-order valence-electron chi connectivity index (χ1n) is 12.1. The Kier molecular flexibility index (Phi) is 8.23. The number of amides is 3. The van der Waals surface area contributed by atoms with Crippen molar-refractivity contribution in [2.45, 2.75) is 63.5 Å². The molecule has 0 atom stereocenters. The molecule has 186 valence electrons. The van der Waals surface area contributed by atoms with Gasteiger partial charge in [0.15, 0.2) is 0 Å². The Labute approximate surface area is 210 Å². The van der Waals surface area contributed by atoms with E-state index in [4.69, 9.17) is 16.3 Å². The zero-order valence-corrected chi connectivity index (χ0v) is 20.6.